The average Bonchev–Trinajstić information content (AvgIpc) is 2.82. The zero-order chi connectivity index (χ0) is 15.7. The van der Waals surface area contributed by atoms with E-state index < -0.39 is 11.6 Å². The van der Waals surface area contributed by atoms with Crippen molar-refractivity contribution >= 4 is 22.6 Å². The van der Waals surface area contributed by atoms with Crippen molar-refractivity contribution in [3.8, 4) is 0 Å². The second kappa shape index (κ2) is 5.44. The summed E-state index contributed by atoms with van der Waals surface area (Å²) in [5.74, 6) is -2.37. The predicted molar refractivity (Wildman–Crippen MR) is 77.6 cm³/mol. The highest BCUT2D eigenvalue weighted by Crippen LogP contribution is 2.15. The maximum absolute atomic E-state index is 13.1. The number of halogens is 2. The van der Waals surface area contributed by atoms with Crippen molar-refractivity contribution in [1.82, 2.24) is 9.97 Å². The Labute approximate surface area is 123 Å². The summed E-state index contributed by atoms with van der Waals surface area (Å²) in [7, 11) is 0. The highest BCUT2D eigenvalue weighted by atomic mass is 19.2. The molecule has 0 bridgehead atoms. The van der Waals surface area contributed by atoms with Crippen LogP contribution in [0, 0.1) is 11.6 Å². The van der Waals surface area contributed by atoms with E-state index in [1.54, 1.807) is 18.2 Å². The van der Waals surface area contributed by atoms with Crippen LogP contribution < -0.4 is 11.0 Å². The largest absolute Gasteiger partial charge is 0.326 e. The van der Waals surface area contributed by atoms with Gasteiger partial charge in [0, 0.05) is 11.8 Å². The van der Waals surface area contributed by atoms with E-state index in [1.165, 1.54) is 6.07 Å². The van der Waals surface area contributed by atoms with E-state index in [4.69, 9.17) is 0 Å². The zero-order valence-electron chi connectivity index (χ0n) is 11.2. The number of aromatic amines is 2. The molecular weight excluding hydrogens is 292 g/mol. The Morgan fingerprint density at radius 3 is 2.55 bits per heavy atom. The van der Waals surface area contributed by atoms with Gasteiger partial charge in [-0.15, -0.1) is 0 Å². The molecule has 5 nitrogen and oxygen atoms in total. The van der Waals surface area contributed by atoms with Crippen molar-refractivity contribution < 1.29 is 13.6 Å². The summed E-state index contributed by atoms with van der Waals surface area (Å²) in [5, 5.41) is 2.49. The molecule has 7 heteroatoms. The molecule has 112 valence electrons. The number of nitrogens with one attached hydrogen (secondary N) is 3. The third kappa shape index (κ3) is 2.88. The maximum Gasteiger partial charge on any atom is 0.323 e. The fraction of sp³-hybridized carbons (Fsp3) is 0.0667. The first kappa shape index (κ1) is 14.0. The van der Waals surface area contributed by atoms with Crippen molar-refractivity contribution in [2.75, 3.05) is 5.32 Å². The summed E-state index contributed by atoms with van der Waals surface area (Å²) in [6.07, 6.45) is 0.0438. The minimum absolute atomic E-state index is 0.0438. The summed E-state index contributed by atoms with van der Waals surface area (Å²) >= 11 is 0. The number of carbonyl (C=O) groups is 1. The number of rotatable bonds is 3. The van der Waals surface area contributed by atoms with Gasteiger partial charge in [-0.2, -0.15) is 0 Å². The zero-order valence-corrected chi connectivity index (χ0v) is 11.2. The number of fused-ring (bicyclic) bond motifs is 1. The first-order chi connectivity index (χ1) is 10.5. The van der Waals surface area contributed by atoms with Crippen LogP contribution in [-0.4, -0.2) is 15.9 Å². The Morgan fingerprint density at radius 1 is 1.00 bits per heavy atom. The molecule has 0 aliphatic rings. The number of hydrogen-bond donors (Lipinski definition) is 3. The summed E-state index contributed by atoms with van der Waals surface area (Å²) in [4.78, 5) is 28.3. The molecule has 0 radical (unpaired) electrons. The topological polar surface area (TPSA) is 77.8 Å². The monoisotopic (exact) mass is 303 g/mol. The third-order valence-electron chi connectivity index (χ3n) is 3.15. The van der Waals surface area contributed by atoms with Crippen LogP contribution in [0.5, 0.6) is 0 Å². The van der Waals surface area contributed by atoms with Crippen LogP contribution in [0.2, 0.25) is 0 Å². The molecule has 1 aromatic heterocycles. The van der Waals surface area contributed by atoms with Gasteiger partial charge in [-0.1, -0.05) is 6.07 Å². The van der Waals surface area contributed by atoms with Crippen LogP contribution >= 0.6 is 0 Å². The van der Waals surface area contributed by atoms with Crippen molar-refractivity contribution in [3.63, 3.8) is 0 Å². The molecule has 0 saturated carbocycles. The predicted octanol–water partition coefficient (Wildman–Crippen LogP) is 2.32. The Bertz CT molecular complexity index is 915. The summed E-state index contributed by atoms with van der Waals surface area (Å²) in [5.41, 5.74) is 1.79. The Balaban J connectivity index is 1.74. The number of imidazole rings is 1. The molecule has 0 aliphatic carbocycles. The normalized spacial score (nSPS) is 10.8. The molecule has 3 aromatic rings. The van der Waals surface area contributed by atoms with Gasteiger partial charge in [-0.05, 0) is 29.8 Å². The number of anilines is 1. The lowest BCUT2D eigenvalue weighted by Crippen LogP contribution is -2.14. The molecule has 0 spiro atoms. The van der Waals surface area contributed by atoms with Gasteiger partial charge in [0.15, 0.2) is 11.6 Å². The third-order valence-corrected chi connectivity index (χ3v) is 3.15. The molecule has 0 atom stereocenters. The smallest absolute Gasteiger partial charge is 0.323 e. The first-order valence-corrected chi connectivity index (χ1v) is 6.47. The van der Waals surface area contributed by atoms with Crippen LogP contribution in [0.4, 0.5) is 14.5 Å². The van der Waals surface area contributed by atoms with Crippen LogP contribution in [0.1, 0.15) is 5.56 Å². The van der Waals surface area contributed by atoms with E-state index in [-0.39, 0.29) is 23.7 Å². The van der Waals surface area contributed by atoms with Gasteiger partial charge in [0.1, 0.15) is 0 Å². The molecule has 0 aliphatic heterocycles. The van der Waals surface area contributed by atoms with E-state index in [0.717, 1.165) is 12.1 Å². The van der Waals surface area contributed by atoms with Crippen molar-refractivity contribution in [1.29, 1.82) is 0 Å². The van der Waals surface area contributed by atoms with Crippen LogP contribution in [0.3, 0.4) is 0 Å². The number of aromatic nitrogens is 2. The standard InChI is InChI=1S/C15H11F2N3O2/c16-10-3-2-9(7-11(10)17)18-14(21)6-8-1-4-12-13(5-8)20-15(22)19-12/h1-5,7H,6H2,(H,18,21)(H2,19,20,22). The van der Waals surface area contributed by atoms with E-state index in [1.807, 2.05) is 0 Å². The lowest BCUT2D eigenvalue weighted by molar-refractivity contribution is -0.115. The SMILES string of the molecule is O=C(Cc1ccc2[nH]c(=O)[nH]c2c1)Nc1ccc(F)c(F)c1. The van der Waals surface area contributed by atoms with Gasteiger partial charge in [-0.3, -0.25) is 4.79 Å². The number of carbonyl (C=O) groups excluding carboxylic acids is 1. The van der Waals surface area contributed by atoms with Gasteiger partial charge in [-0.25, -0.2) is 13.6 Å². The quantitative estimate of drug-likeness (QED) is 0.694. The van der Waals surface area contributed by atoms with Crippen molar-refractivity contribution in [3.05, 3.63) is 64.1 Å². The number of H-pyrrole nitrogens is 2. The van der Waals surface area contributed by atoms with Crippen molar-refractivity contribution in [2.45, 2.75) is 6.42 Å². The fourth-order valence-corrected chi connectivity index (χ4v) is 2.15. The molecular formula is C15H11F2N3O2. The number of benzene rings is 2. The van der Waals surface area contributed by atoms with Gasteiger partial charge >= 0.3 is 5.69 Å². The Morgan fingerprint density at radius 2 is 1.77 bits per heavy atom. The van der Waals surface area contributed by atoms with E-state index >= 15 is 0 Å². The molecule has 0 saturated heterocycles. The molecule has 2 aromatic carbocycles. The van der Waals surface area contributed by atoms with Gasteiger partial charge in [0.25, 0.3) is 0 Å². The molecule has 1 heterocycles. The number of hydrogen-bond acceptors (Lipinski definition) is 2. The molecule has 0 fully saturated rings. The highest BCUT2D eigenvalue weighted by Gasteiger charge is 2.08. The lowest BCUT2D eigenvalue weighted by atomic mass is 10.1. The minimum Gasteiger partial charge on any atom is -0.326 e. The second-order valence-electron chi connectivity index (χ2n) is 4.81. The average molecular weight is 303 g/mol. The van der Waals surface area contributed by atoms with Crippen LogP contribution in [0.15, 0.2) is 41.2 Å². The minimum atomic E-state index is -1.02. The summed E-state index contributed by atoms with van der Waals surface area (Å²) < 4.78 is 25.9. The molecule has 3 N–H and O–H groups in total. The van der Waals surface area contributed by atoms with Crippen LogP contribution in [-0.2, 0) is 11.2 Å². The van der Waals surface area contributed by atoms with E-state index in [0.29, 0.717) is 16.6 Å². The number of amides is 1. The lowest BCUT2D eigenvalue weighted by Gasteiger charge is -2.06. The molecule has 3 rings (SSSR count). The van der Waals surface area contributed by atoms with Gasteiger partial charge in [0.2, 0.25) is 5.91 Å². The summed E-state index contributed by atoms with van der Waals surface area (Å²) in [6, 6.07) is 8.22. The van der Waals surface area contributed by atoms with Gasteiger partial charge in [0.05, 0.1) is 17.5 Å². The summed E-state index contributed by atoms with van der Waals surface area (Å²) in [6.45, 7) is 0. The molecule has 0 unspecified atom stereocenters. The molecule has 1 amide bonds. The highest BCUT2D eigenvalue weighted by molar-refractivity contribution is 5.92. The Hall–Kier alpha value is -2.96. The first-order valence-electron chi connectivity index (χ1n) is 6.47. The van der Waals surface area contributed by atoms with Crippen molar-refractivity contribution in [2.24, 2.45) is 0 Å². The maximum atomic E-state index is 13.1. The van der Waals surface area contributed by atoms with Gasteiger partial charge < -0.3 is 15.3 Å². The fourth-order valence-electron chi connectivity index (χ4n) is 2.15. The van der Waals surface area contributed by atoms with Crippen LogP contribution in [0.25, 0.3) is 11.0 Å². The second-order valence-corrected chi connectivity index (χ2v) is 4.81. The van der Waals surface area contributed by atoms with E-state index in [2.05, 4.69) is 15.3 Å². The Kier molecular flexibility index (Phi) is 3.46. The van der Waals surface area contributed by atoms with E-state index in [9.17, 15) is 18.4 Å². The molecule has 22 heavy (non-hydrogen) atoms.